The molecule has 0 saturated heterocycles. The van der Waals surface area contributed by atoms with Crippen LogP contribution in [0.4, 0.5) is 8.78 Å². The molecule has 4 heteroatoms. The summed E-state index contributed by atoms with van der Waals surface area (Å²) >= 11 is 0. The number of halogens is 2. The van der Waals surface area contributed by atoms with Gasteiger partial charge in [0.1, 0.15) is 5.75 Å². The normalized spacial score (nSPS) is 10.7. The highest BCUT2D eigenvalue weighted by Gasteiger charge is 2.27. The maximum atomic E-state index is 12.7. The van der Waals surface area contributed by atoms with Gasteiger partial charge in [-0.2, -0.15) is 8.78 Å². The molecule has 1 rings (SSSR count). The van der Waals surface area contributed by atoms with E-state index in [1.807, 2.05) is 0 Å². The van der Waals surface area contributed by atoms with Gasteiger partial charge in [0, 0.05) is 6.08 Å². The van der Waals surface area contributed by atoms with Gasteiger partial charge in [-0.15, -0.1) is 0 Å². The highest BCUT2D eigenvalue weighted by molar-refractivity contribution is 5.79. The Morgan fingerprint density at radius 2 is 2.00 bits per heavy atom. The minimum atomic E-state index is -3.46. The second-order valence-corrected chi connectivity index (χ2v) is 2.52. The van der Waals surface area contributed by atoms with Crippen LogP contribution in [-0.4, -0.2) is 12.4 Å². The fourth-order valence-electron chi connectivity index (χ4n) is 0.859. The zero-order valence-electron chi connectivity index (χ0n) is 7.24. The molecule has 0 fully saturated rings. The molecule has 1 aromatic carbocycles. The topological polar surface area (TPSA) is 26.3 Å². The second kappa shape index (κ2) is 4.00. The summed E-state index contributed by atoms with van der Waals surface area (Å²) in [6.07, 6.45) is -2.64. The Hall–Kier alpha value is -1.71. The van der Waals surface area contributed by atoms with E-state index in [0.29, 0.717) is 12.4 Å². The molecule has 0 aliphatic rings. The lowest BCUT2D eigenvalue weighted by atomic mass is 10.2. The van der Waals surface area contributed by atoms with Gasteiger partial charge in [-0.1, -0.05) is 18.7 Å². The summed E-state index contributed by atoms with van der Waals surface area (Å²) in [7, 11) is 0. The minimum absolute atomic E-state index is 0.0778. The van der Waals surface area contributed by atoms with Gasteiger partial charge in [0.2, 0.25) is 0 Å². The van der Waals surface area contributed by atoms with E-state index in [0.717, 1.165) is 0 Å². The van der Waals surface area contributed by atoms with Crippen molar-refractivity contribution < 1.29 is 18.3 Å². The average molecular weight is 198 g/mol. The maximum Gasteiger partial charge on any atom is 0.419 e. The van der Waals surface area contributed by atoms with Crippen LogP contribution in [0.5, 0.6) is 5.75 Å². The molecule has 1 aromatic rings. The predicted octanol–water partition coefficient (Wildman–Crippen LogP) is 2.66. The summed E-state index contributed by atoms with van der Waals surface area (Å²) in [4.78, 5) is 10.5. The SMILES string of the molecule is C=CC(F)(F)Oc1ccccc1C=O. The number of alkyl halides is 2. The van der Waals surface area contributed by atoms with E-state index in [-0.39, 0.29) is 11.3 Å². The van der Waals surface area contributed by atoms with Crippen LogP contribution in [0.15, 0.2) is 36.9 Å². The first-order valence-electron chi connectivity index (χ1n) is 3.83. The van der Waals surface area contributed by atoms with E-state index < -0.39 is 6.11 Å². The van der Waals surface area contributed by atoms with Gasteiger partial charge >= 0.3 is 6.11 Å². The summed E-state index contributed by atoms with van der Waals surface area (Å²) < 4.78 is 29.7. The number of hydrogen-bond donors (Lipinski definition) is 0. The molecule has 14 heavy (non-hydrogen) atoms. The van der Waals surface area contributed by atoms with Crippen LogP contribution < -0.4 is 4.74 Å². The molecule has 0 radical (unpaired) electrons. The van der Waals surface area contributed by atoms with Gasteiger partial charge in [-0.25, -0.2) is 0 Å². The fourth-order valence-corrected chi connectivity index (χ4v) is 0.859. The predicted molar refractivity (Wildman–Crippen MR) is 47.6 cm³/mol. The van der Waals surface area contributed by atoms with Crippen molar-refractivity contribution in [2.24, 2.45) is 0 Å². The van der Waals surface area contributed by atoms with Crippen LogP contribution in [-0.2, 0) is 0 Å². The van der Waals surface area contributed by atoms with Crippen LogP contribution in [0.2, 0.25) is 0 Å². The van der Waals surface area contributed by atoms with Gasteiger partial charge in [0.15, 0.2) is 6.29 Å². The molecule has 0 saturated carbocycles. The number of para-hydroxylation sites is 1. The highest BCUT2D eigenvalue weighted by atomic mass is 19.3. The zero-order valence-corrected chi connectivity index (χ0v) is 7.24. The van der Waals surface area contributed by atoms with Crippen molar-refractivity contribution in [3.8, 4) is 5.75 Å². The van der Waals surface area contributed by atoms with Crippen molar-refractivity contribution in [2.45, 2.75) is 6.11 Å². The molecule has 0 aliphatic heterocycles. The molecular formula is C10H8F2O2. The molecular weight excluding hydrogens is 190 g/mol. The Kier molecular flexibility index (Phi) is 2.96. The smallest absolute Gasteiger partial charge is 0.419 e. The molecule has 0 aromatic heterocycles. The molecule has 0 unspecified atom stereocenters. The van der Waals surface area contributed by atoms with Crippen molar-refractivity contribution >= 4 is 6.29 Å². The summed E-state index contributed by atoms with van der Waals surface area (Å²) in [5.41, 5.74) is 0.0778. The summed E-state index contributed by atoms with van der Waals surface area (Å²) in [6, 6.07) is 5.74. The van der Waals surface area contributed by atoms with E-state index in [2.05, 4.69) is 11.3 Å². The number of benzene rings is 1. The van der Waals surface area contributed by atoms with E-state index >= 15 is 0 Å². The Balaban J connectivity index is 2.96. The van der Waals surface area contributed by atoms with Crippen LogP contribution in [0.25, 0.3) is 0 Å². The second-order valence-electron chi connectivity index (χ2n) is 2.52. The Morgan fingerprint density at radius 3 is 2.57 bits per heavy atom. The lowest BCUT2D eigenvalue weighted by Gasteiger charge is -2.14. The largest absolute Gasteiger partial charge is 0.429 e. The van der Waals surface area contributed by atoms with Gasteiger partial charge in [0.25, 0.3) is 0 Å². The van der Waals surface area contributed by atoms with Gasteiger partial charge in [-0.05, 0) is 12.1 Å². The lowest BCUT2D eigenvalue weighted by Crippen LogP contribution is -2.21. The number of hydrogen-bond acceptors (Lipinski definition) is 2. The van der Waals surface area contributed by atoms with E-state index in [1.165, 1.54) is 18.2 Å². The molecule has 0 bridgehead atoms. The summed E-state index contributed by atoms with van der Waals surface area (Å²) in [5.74, 6) is -0.160. The average Bonchev–Trinajstić information content (AvgIpc) is 2.18. The first kappa shape index (κ1) is 10.4. The first-order chi connectivity index (χ1) is 6.59. The number of ether oxygens (including phenoxy) is 1. The van der Waals surface area contributed by atoms with Gasteiger partial charge in [0.05, 0.1) is 5.56 Å². The molecule has 0 atom stereocenters. The maximum absolute atomic E-state index is 12.7. The number of rotatable bonds is 4. The van der Waals surface area contributed by atoms with Crippen LogP contribution in [0, 0.1) is 0 Å². The Morgan fingerprint density at radius 1 is 1.36 bits per heavy atom. The van der Waals surface area contributed by atoms with Gasteiger partial charge < -0.3 is 4.74 Å². The van der Waals surface area contributed by atoms with Crippen molar-refractivity contribution in [3.63, 3.8) is 0 Å². The third-order valence-electron chi connectivity index (χ3n) is 1.53. The zero-order chi connectivity index (χ0) is 10.6. The quantitative estimate of drug-likeness (QED) is 0.549. The third kappa shape index (κ3) is 2.39. The monoisotopic (exact) mass is 198 g/mol. The third-order valence-corrected chi connectivity index (χ3v) is 1.53. The molecule has 0 heterocycles. The number of aldehydes is 1. The molecule has 0 spiro atoms. The van der Waals surface area contributed by atoms with Crippen molar-refractivity contribution in [3.05, 3.63) is 42.5 Å². The van der Waals surface area contributed by atoms with Crippen LogP contribution in [0.3, 0.4) is 0 Å². The Bertz CT molecular complexity index is 348. The van der Waals surface area contributed by atoms with Gasteiger partial charge in [-0.3, -0.25) is 4.79 Å². The molecule has 0 amide bonds. The molecule has 0 aliphatic carbocycles. The first-order valence-corrected chi connectivity index (χ1v) is 3.83. The van der Waals surface area contributed by atoms with E-state index in [1.54, 1.807) is 6.07 Å². The summed E-state index contributed by atoms with van der Waals surface area (Å²) in [5, 5.41) is 0. The van der Waals surface area contributed by atoms with Crippen LogP contribution in [0.1, 0.15) is 10.4 Å². The minimum Gasteiger partial charge on any atom is -0.429 e. The highest BCUT2D eigenvalue weighted by Crippen LogP contribution is 2.24. The van der Waals surface area contributed by atoms with Crippen molar-refractivity contribution in [1.29, 1.82) is 0 Å². The molecule has 2 nitrogen and oxygen atoms in total. The standard InChI is InChI=1S/C10H8F2O2/c1-2-10(11,12)14-9-6-4-3-5-8(9)7-13/h2-7H,1H2. The Labute approximate surface area is 79.8 Å². The van der Waals surface area contributed by atoms with Crippen molar-refractivity contribution in [1.82, 2.24) is 0 Å². The number of carbonyl (C=O) groups excluding carboxylic acids is 1. The summed E-state index contributed by atoms with van der Waals surface area (Å²) in [6.45, 7) is 2.92. The lowest BCUT2D eigenvalue weighted by molar-refractivity contribution is -0.131. The van der Waals surface area contributed by atoms with E-state index in [9.17, 15) is 13.6 Å². The molecule has 0 N–H and O–H groups in total. The van der Waals surface area contributed by atoms with Crippen molar-refractivity contribution in [2.75, 3.05) is 0 Å². The fraction of sp³-hybridized carbons (Fsp3) is 0.100. The van der Waals surface area contributed by atoms with E-state index in [4.69, 9.17) is 0 Å². The molecule has 74 valence electrons. The number of carbonyl (C=O) groups is 1. The van der Waals surface area contributed by atoms with Crippen LogP contribution >= 0.6 is 0 Å².